The van der Waals surface area contributed by atoms with Gasteiger partial charge in [0, 0.05) is 18.5 Å². The molecule has 0 spiro atoms. The van der Waals surface area contributed by atoms with Crippen LogP contribution >= 0.6 is 15.9 Å². The van der Waals surface area contributed by atoms with E-state index in [2.05, 4.69) is 76.4 Å². The third-order valence-electron chi connectivity index (χ3n) is 3.23. The molecule has 0 aliphatic rings. The summed E-state index contributed by atoms with van der Waals surface area (Å²) in [6.45, 7) is 23.4. The third kappa shape index (κ3) is 24.8. The van der Waals surface area contributed by atoms with Crippen molar-refractivity contribution in [2.45, 2.75) is 71.4 Å². The van der Waals surface area contributed by atoms with Crippen LogP contribution in [-0.4, -0.2) is 81.3 Å². The molecular weight excluding hydrogens is 477 g/mol. The minimum atomic E-state index is -1.47. The largest absolute Gasteiger partial charge is 2.00 e. The van der Waals surface area contributed by atoms with Gasteiger partial charge in [0.1, 0.15) is 0 Å². The molecule has 0 aliphatic heterocycles. The van der Waals surface area contributed by atoms with Gasteiger partial charge in [0.25, 0.3) is 0 Å². The summed E-state index contributed by atoms with van der Waals surface area (Å²) in [6.07, 6.45) is 2.01. The van der Waals surface area contributed by atoms with E-state index < -0.39 is 16.6 Å². The number of halogens is 2. The first-order chi connectivity index (χ1) is 8.87. The normalized spacial score (nSPS) is 11.2. The zero-order chi connectivity index (χ0) is 16.4. The van der Waals surface area contributed by atoms with Crippen LogP contribution in [0, 0.1) is 6.92 Å². The summed E-state index contributed by atoms with van der Waals surface area (Å²) in [5, 5.41) is 1.39. The molecule has 0 N–H and O–H groups in total. The first-order valence-corrected chi connectivity index (χ1v) is 14.9. The van der Waals surface area contributed by atoms with Crippen molar-refractivity contribution in [1.82, 2.24) is 0 Å². The van der Waals surface area contributed by atoms with Crippen LogP contribution in [0.3, 0.4) is 0 Å². The van der Waals surface area contributed by atoms with Crippen LogP contribution in [0.15, 0.2) is 0 Å². The summed E-state index contributed by atoms with van der Waals surface area (Å²) in [5.41, 5.74) is 0. The summed E-state index contributed by atoms with van der Waals surface area (Å²) in [4.78, 5) is 0. The summed E-state index contributed by atoms with van der Waals surface area (Å²) in [7, 11) is -2.68. The van der Waals surface area contributed by atoms with Crippen LogP contribution in [0.2, 0.25) is 37.8 Å². The molecule has 23 heavy (non-hydrogen) atoms. The fourth-order valence-electron chi connectivity index (χ4n) is 0.977. The fraction of sp³-hybridized carbons (Fsp3) is 0.933. The predicted octanol–water partition coefficient (Wildman–Crippen LogP) is 2.32. The van der Waals surface area contributed by atoms with Gasteiger partial charge >= 0.3 is 46.1 Å². The van der Waals surface area contributed by atoms with E-state index in [1.54, 1.807) is 0 Å². The van der Waals surface area contributed by atoms with Crippen molar-refractivity contribution in [2.75, 3.05) is 18.5 Å². The summed E-state index contributed by atoms with van der Waals surface area (Å²) >= 11 is 3.35. The molecule has 8 heteroatoms. The van der Waals surface area contributed by atoms with Gasteiger partial charge in [-0.2, -0.15) is 6.42 Å². The zero-order valence-corrected chi connectivity index (χ0v) is 24.7. The molecule has 2 nitrogen and oxygen atoms in total. The maximum Gasteiger partial charge on any atom is 2.00 e. The van der Waals surface area contributed by atoms with Crippen molar-refractivity contribution in [3.8, 4) is 0 Å². The summed E-state index contributed by atoms with van der Waals surface area (Å²) in [5.74, 6) is 0. The molecule has 0 amide bonds. The van der Waals surface area contributed by atoms with E-state index in [0.717, 1.165) is 31.4 Å². The van der Waals surface area contributed by atoms with E-state index in [1.165, 1.54) is 0 Å². The maximum atomic E-state index is 5.82. The first kappa shape index (κ1) is 36.7. The van der Waals surface area contributed by atoms with Crippen LogP contribution in [0.5, 0.6) is 0 Å². The number of rotatable bonds is 7. The Morgan fingerprint density at radius 3 is 1.65 bits per heavy atom. The predicted molar refractivity (Wildman–Crippen MR) is 115 cm³/mol. The van der Waals surface area contributed by atoms with Crippen molar-refractivity contribution < 1.29 is 28.7 Å². The van der Waals surface area contributed by atoms with Crippen LogP contribution in [-0.2, 0) is 8.85 Å². The van der Waals surface area contributed by atoms with Crippen molar-refractivity contribution in [3.05, 3.63) is 6.92 Å². The smallest absolute Gasteiger partial charge is 1.00 e. The molecule has 0 fully saturated rings. The van der Waals surface area contributed by atoms with Crippen molar-refractivity contribution in [1.29, 1.82) is 0 Å². The SMILES string of the molecule is C[Si](C)(C)OCCCBr.[Br-].[CH2-]CCO[Si](C)(C)C(C)(C)C.[H-].[H-].[Mg+2].[Mg+2]. The molecule has 0 heterocycles. The van der Waals surface area contributed by atoms with E-state index in [-0.39, 0.29) is 65.9 Å². The Morgan fingerprint density at radius 2 is 1.39 bits per heavy atom. The molecule has 0 rings (SSSR count). The second-order valence-corrected chi connectivity index (χ2v) is 17.6. The number of hydrogen-bond acceptors (Lipinski definition) is 2. The van der Waals surface area contributed by atoms with Gasteiger partial charge in [-0.05, 0) is 44.2 Å². The second-order valence-electron chi connectivity index (χ2n) is 7.47. The minimum absolute atomic E-state index is 0. The molecule has 0 saturated carbocycles. The van der Waals surface area contributed by atoms with E-state index in [1.807, 2.05) is 0 Å². The molecule has 0 saturated heterocycles. The molecular formula is C15H38Br2Mg2O2Si2. The van der Waals surface area contributed by atoms with Gasteiger partial charge in [-0.25, -0.2) is 0 Å². The Morgan fingerprint density at radius 1 is 0.957 bits per heavy atom. The molecule has 0 unspecified atom stereocenters. The molecule has 136 valence electrons. The summed E-state index contributed by atoms with van der Waals surface area (Å²) < 4.78 is 11.4. The van der Waals surface area contributed by atoms with Gasteiger partial charge in [0.15, 0.2) is 16.6 Å². The molecule has 0 radical (unpaired) electrons. The minimum Gasteiger partial charge on any atom is -1.00 e. The molecule has 0 aromatic rings. The van der Waals surface area contributed by atoms with Crippen molar-refractivity contribution in [2.24, 2.45) is 0 Å². The van der Waals surface area contributed by atoms with E-state index in [9.17, 15) is 0 Å². The Labute approximate surface area is 202 Å². The topological polar surface area (TPSA) is 18.5 Å². The summed E-state index contributed by atoms with van der Waals surface area (Å²) in [6, 6.07) is 0. The monoisotopic (exact) mass is 512 g/mol. The Kier molecular flexibility index (Phi) is 29.1. The van der Waals surface area contributed by atoms with Gasteiger partial charge in [-0.1, -0.05) is 36.7 Å². The average molecular weight is 515 g/mol. The number of hydrogen-bond donors (Lipinski definition) is 0. The van der Waals surface area contributed by atoms with Crippen LogP contribution in [0.4, 0.5) is 0 Å². The molecule has 0 bridgehead atoms. The third-order valence-corrected chi connectivity index (χ3v) is 9.40. The fourth-order valence-corrected chi connectivity index (χ4v) is 3.05. The van der Waals surface area contributed by atoms with E-state index in [0.29, 0.717) is 5.04 Å². The second kappa shape index (κ2) is 18.2. The molecule has 0 aromatic heterocycles. The van der Waals surface area contributed by atoms with Gasteiger partial charge in [-0.3, -0.25) is 0 Å². The Bertz CT molecular complexity index is 257. The van der Waals surface area contributed by atoms with E-state index >= 15 is 0 Å². The van der Waals surface area contributed by atoms with Crippen LogP contribution < -0.4 is 17.0 Å². The van der Waals surface area contributed by atoms with Crippen LogP contribution in [0.25, 0.3) is 0 Å². The van der Waals surface area contributed by atoms with Gasteiger partial charge < -0.3 is 35.6 Å². The number of alkyl halides is 1. The Balaban J connectivity index is -0.0000000437. The van der Waals surface area contributed by atoms with Crippen molar-refractivity contribution >= 4 is 78.7 Å². The zero-order valence-electron chi connectivity index (χ0n) is 18.7. The molecule has 0 aromatic carbocycles. The quantitative estimate of drug-likeness (QED) is 0.225. The maximum absolute atomic E-state index is 5.82. The van der Waals surface area contributed by atoms with Gasteiger partial charge in [0.05, 0.1) is 0 Å². The van der Waals surface area contributed by atoms with Gasteiger partial charge in [0.2, 0.25) is 0 Å². The van der Waals surface area contributed by atoms with E-state index in [4.69, 9.17) is 8.85 Å². The first-order valence-electron chi connectivity index (χ1n) is 7.50. The van der Waals surface area contributed by atoms with Gasteiger partial charge in [-0.15, -0.1) is 0 Å². The standard InChI is InChI=1S/C9H21OSi.C6H15BrOSi.BrH.2Mg.2H/c1-7-8-10-11(5,6)9(2,3)4;1-9(2,3)8-6-4-5-7;;;;;/h1,7-8H2,2-6H3;4-6H2,1-3H3;1H;;;;/q-1;;;2*+2;2*-1/p-1. The van der Waals surface area contributed by atoms with Crippen molar-refractivity contribution in [3.63, 3.8) is 0 Å². The Hall–Kier alpha value is 2.85. The molecule has 0 atom stereocenters. The molecule has 0 aliphatic carbocycles. The van der Waals surface area contributed by atoms with Crippen LogP contribution in [0.1, 0.15) is 36.5 Å². The average Bonchev–Trinajstić information content (AvgIpc) is 2.24.